The first-order valence-electron chi connectivity index (χ1n) is 23.5. The van der Waals surface area contributed by atoms with Crippen molar-refractivity contribution in [3.8, 4) is 0 Å². The molecule has 0 spiro atoms. The van der Waals surface area contributed by atoms with Gasteiger partial charge in [-0.2, -0.15) is 0 Å². The van der Waals surface area contributed by atoms with Crippen LogP contribution in [-0.4, -0.2) is 110 Å². The first-order chi connectivity index (χ1) is 29.8. The van der Waals surface area contributed by atoms with Crippen LogP contribution in [0.4, 0.5) is 0 Å². The largest absolute Gasteiger partial charge is 0.472 e. The highest BCUT2D eigenvalue weighted by atomic mass is 31.2. The van der Waals surface area contributed by atoms with Crippen LogP contribution < -0.4 is 0 Å². The number of carbonyl (C=O) groups excluding carboxylic acids is 2. The lowest BCUT2D eigenvalue weighted by Gasteiger charge is -2.41. The van der Waals surface area contributed by atoms with Crippen molar-refractivity contribution >= 4 is 19.8 Å². The molecule has 360 valence electrons. The van der Waals surface area contributed by atoms with Crippen molar-refractivity contribution in [2.45, 2.75) is 223 Å². The van der Waals surface area contributed by atoms with Crippen molar-refractivity contribution in [2.24, 2.45) is 0 Å². The first-order valence-corrected chi connectivity index (χ1v) is 25.0. The molecule has 1 rings (SSSR count). The molecule has 1 aliphatic carbocycles. The lowest BCUT2D eigenvalue weighted by molar-refractivity contribution is -0.220. The van der Waals surface area contributed by atoms with E-state index >= 15 is 0 Å². The Morgan fingerprint density at radius 1 is 0.597 bits per heavy atom. The van der Waals surface area contributed by atoms with Gasteiger partial charge in [0.25, 0.3) is 0 Å². The number of esters is 2. The summed E-state index contributed by atoms with van der Waals surface area (Å²) in [4.78, 5) is 35.7. The predicted molar refractivity (Wildman–Crippen MR) is 241 cm³/mol. The SMILES string of the molecule is CC/C=C/C/C=C/C=C/C(O)CCCCCCCC(=O)OC[C@H](COP(=O)(O)OC1[C@H](O)[C@H](O)C(O)[C@H](O)[C@H]1O)OC(=O)CCCCCCCCC/C=C\CCCCCCCC. The van der Waals surface area contributed by atoms with E-state index in [0.29, 0.717) is 19.3 Å². The number of phosphoric acid groups is 1. The summed E-state index contributed by atoms with van der Waals surface area (Å²) in [5.74, 6) is -1.18. The molecule has 0 saturated heterocycles. The van der Waals surface area contributed by atoms with E-state index < -0.39 is 81.8 Å². The minimum atomic E-state index is -5.14. The van der Waals surface area contributed by atoms with E-state index in [0.717, 1.165) is 89.9 Å². The van der Waals surface area contributed by atoms with Crippen molar-refractivity contribution in [1.29, 1.82) is 0 Å². The number of aliphatic hydroxyl groups is 6. The van der Waals surface area contributed by atoms with Crippen LogP contribution in [0.25, 0.3) is 0 Å². The average molecular weight is 903 g/mol. The molecule has 1 aliphatic rings. The summed E-state index contributed by atoms with van der Waals surface area (Å²) in [5.41, 5.74) is 0. The van der Waals surface area contributed by atoms with Gasteiger partial charge >= 0.3 is 19.8 Å². The predicted octanol–water partition coefficient (Wildman–Crippen LogP) is 8.14. The number of aliphatic hydroxyl groups excluding tert-OH is 6. The smallest absolute Gasteiger partial charge is 0.462 e. The zero-order chi connectivity index (χ0) is 45.9. The zero-order valence-electron chi connectivity index (χ0n) is 37.8. The molecule has 1 saturated carbocycles. The molecule has 7 N–H and O–H groups in total. The van der Waals surface area contributed by atoms with Crippen molar-refractivity contribution in [3.05, 3.63) is 48.6 Å². The second-order valence-electron chi connectivity index (χ2n) is 16.4. The molecule has 0 aromatic carbocycles. The van der Waals surface area contributed by atoms with Gasteiger partial charge in [-0.05, 0) is 57.8 Å². The summed E-state index contributed by atoms with van der Waals surface area (Å²) in [6, 6.07) is 0. The Kier molecular flexibility index (Phi) is 34.5. The quantitative estimate of drug-likeness (QED) is 0.0102. The van der Waals surface area contributed by atoms with Crippen LogP contribution in [0.15, 0.2) is 48.6 Å². The van der Waals surface area contributed by atoms with Crippen molar-refractivity contribution < 1.29 is 68.2 Å². The molecule has 15 heteroatoms. The van der Waals surface area contributed by atoms with E-state index in [4.69, 9.17) is 18.5 Å². The molecule has 9 atom stereocenters. The zero-order valence-corrected chi connectivity index (χ0v) is 38.7. The van der Waals surface area contributed by atoms with E-state index in [1.807, 2.05) is 18.2 Å². The number of ether oxygens (including phenoxy) is 2. The van der Waals surface area contributed by atoms with Crippen LogP contribution in [0.3, 0.4) is 0 Å². The number of hydrogen-bond donors (Lipinski definition) is 7. The third-order valence-electron chi connectivity index (χ3n) is 10.8. The Hall–Kier alpha value is -2.23. The minimum Gasteiger partial charge on any atom is -0.462 e. The van der Waals surface area contributed by atoms with Crippen LogP contribution in [-0.2, 0) is 32.7 Å². The molecule has 14 nitrogen and oxygen atoms in total. The van der Waals surface area contributed by atoms with Crippen LogP contribution in [0.2, 0.25) is 0 Å². The summed E-state index contributed by atoms with van der Waals surface area (Å²) in [5, 5.41) is 60.3. The number of hydrogen-bond acceptors (Lipinski definition) is 13. The van der Waals surface area contributed by atoms with Gasteiger partial charge in [0.05, 0.1) is 12.7 Å². The van der Waals surface area contributed by atoms with Gasteiger partial charge in [-0.1, -0.05) is 152 Å². The Morgan fingerprint density at radius 3 is 1.69 bits per heavy atom. The molecule has 0 aromatic heterocycles. The van der Waals surface area contributed by atoms with Gasteiger partial charge < -0.3 is 45.0 Å². The van der Waals surface area contributed by atoms with E-state index in [2.05, 4.69) is 38.2 Å². The van der Waals surface area contributed by atoms with Gasteiger partial charge in [-0.15, -0.1) is 0 Å². The van der Waals surface area contributed by atoms with Crippen LogP contribution >= 0.6 is 7.82 Å². The highest BCUT2D eigenvalue weighted by Crippen LogP contribution is 2.47. The van der Waals surface area contributed by atoms with Gasteiger partial charge in [0.2, 0.25) is 0 Å². The Labute approximate surface area is 372 Å². The maximum Gasteiger partial charge on any atom is 0.472 e. The topological polar surface area (TPSA) is 230 Å². The minimum absolute atomic E-state index is 0.0704. The number of rotatable bonds is 38. The fourth-order valence-corrected chi connectivity index (χ4v) is 7.91. The second kappa shape index (κ2) is 37.0. The fraction of sp³-hybridized carbons (Fsp3) is 0.787. The lowest BCUT2D eigenvalue weighted by atomic mass is 9.85. The van der Waals surface area contributed by atoms with Gasteiger partial charge in [-0.3, -0.25) is 18.6 Å². The maximum atomic E-state index is 12.8. The molecular formula is C47H83O14P. The van der Waals surface area contributed by atoms with Gasteiger partial charge in [0.1, 0.15) is 43.2 Å². The third kappa shape index (κ3) is 29.3. The summed E-state index contributed by atoms with van der Waals surface area (Å²) in [7, 11) is -5.14. The lowest BCUT2D eigenvalue weighted by Crippen LogP contribution is -2.64. The molecule has 62 heavy (non-hydrogen) atoms. The van der Waals surface area contributed by atoms with Gasteiger partial charge in [0, 0.05) is 12.8 Å². The Morgan fingerprint density at radius 2 is 1.11 bits per heavy atom. The normalized spacial score (nSPS) is 22.8. The van der Waals surface area contributed by atoms with Gasteiger partial charge in [-0.25, -0.2) is 4.57 Å². The molecule has 0 amide bonds. The molecule has 0 aliphatic heterocycles. The van der Waals surface area contributed by atoms with Crippen LogP contribution in [0.1, 0.15) is 174 Å². The first kappa shape index (κ1) is 57.8. The molecule has 0 aromatic rings. The van der Waals surface area contributed by atoms with Crippen LogP contribution in [0.5, 0.6) is 0 Å². The number of carbonyl (C=O) groups is 2. The molecular weight excluding hydrogens is 819 g/mol. The molecule has 0 bridgehead atoms. The van der Waals surface area contributed by atoms with E-state index in [1.54, 1.807) is 6.08 Å². The number of allylic oxidation sites excluding steroid dienone is 7. The molecule has 0 radical (unpaired) electrons. The fourth-order valence-electron chi connectivity index (χ4n) is 6.94. The standard InChI is InChI=1S/C47H83O14P/c1-3-5-7-9-11-12-13-14-15-16-17-18-19-20-22-26-31-35-41(50)60-39(37-59-62(56,57)61-47-45(54)43(52)42(51)44(53)46(47)55)36-58-40(49)34-30-27-23-25-29-33-38(48)32-28-24-21-10-8-6-4-2/h6,8,14-15,21,24,28,32,38-39,42-48,51-55H,3-5,7,9-13,16-20,22-23,25-27,29-31,33-37H2,1-2H3,(H,56,57)/b8-6+,15-14-,24-21+,32-28+/t38?,39-,42?,43-,44+,45-,46-,47?/m1/s1. The summed E-state index contributed by atoms with van der Waals surface area (Å²) in [6.45, 7) is 3.08. The van der Waals surface area contributed by atoms with E-state index in [9.17, 15) is 49.7 Å². The Bertz CT molecular complexity index is 1290. The molecule has 0 heterocycles. The van der Waals surface area contributed by atoms with Crippen molar-refractivity contribution in [2.75, 3.05) is 13.2 Å². The molecule has 4 unspecified atom stereocenters. The van der Waals surface area contributed by atoms with E-state index in [-0.39, 0.29) is 12.8 Å². The number of unbranched alkanes of at least 4 members (excludes halogenated alkanes) is 17. The maximum absolute atomic E-state index is 12.8. The van der Waals surface area contributed by atoms with E-state index in [1.165, 1.54) is 38.5 Å². The highest BCUT2D eigenvalue weighted by molar-refractivity contribution is 7.47. The summed E-state index contributed by atoms with van der Waals surface area (Å²) >= 11 is 0. The third-order valence-corrected chi connectivity index (χ3v) is 11.7. The highest BCUT2D eigenvalue weighted by Gasteiger charge is 2.51. The Balaban J connectivity index is 2.49. The van der Waals surface area contributed by atoms with Crippen molar-refractivity contribution in [3.63, 3.8) is 0 Å². The van der Waals surface area contributed by atoms with Crippen LogP contribution in [0, 0.1) is 0 Å². The second-order valence-corrected chi connectivity index (χ2v) is 17.8. The average Bonchev–Trinajstić information content (AvgIpc) is 3.25. The summed E-state index contributed by atoms with van der Waals surface area (Å²) < 4.78 is 33.5. The number of phosphoric ester groups is 1. The van der Waals surface area contributed by atoms with Crippen molar-refractivity contribution in [1.82, 2.24) is 0 Å². The monoisotopic (exact) mass is 903 g/mol. The molecule has 1 fully saturated rings. The summed E-state index contributed by atoms with van der Waals surface area (Å²) in [6.07, 6.45) is 26.0. The van der Waals surface area contributed by atoms with Gasteiger partial charge in [0.15, 0.2) is 6.10 Å².